The van der Waals surface area contributed by atoms with Crippen LogP contribution in [0.25, 0.3) is 6.08 Å². The number of rotatable bonds is 7. The van der Waals surface area contributed by atoms with Gasteiger partial charge < -0.3 is 14.8 Å². The van der Waals surface area contributed by atoms with Crippen LogP contribution < -0.4 is 10.1 Å². The first-order valence-electron chi connectivity index (χ1n) is 7.95. The second-order valence-electron chi connectivity index (χ2n) is 6.70. The van der Waals surface area contributed by atoms with E-state index in [4.69, 9.17) is 14.7 Å². The van der Waals surface area contributed by atoms with E-state index in [9.17, 15) is 9.59 Å². The minimum atomic E-state index is -0.458. The summed E-state index contributed by atoms with van der Waals surface area (Å²) in [4.78, 5) is 23.7. The highest BCUT2D eigenvalue weighted by Gasteiger charge is 2.17. The summed E-state index contributed by atoms with van der Waals surface area (Å²) in [5.74, 6) is -0.333. The molecule has 25 heavy (non-hydrogen) atoms. The zero-order valence-electron chi connectivity index (χ0n) is 15.1. The molecular formula is C19H24N2O4. The molecule has 1 N–H and O–H groups in total. The van der Waals surface area contributed by atoms with Gasteiger partial charge in [-0.25, -0.2) is 0 Å². The van der Waals surface area contributed by atoms with Crippen molar-refractivity contribution in [1.82, 2.24) is 5.32 Å². The molecule has 0 spiro atoms. The second kappa shape index (κ2) is 9.60. The Morgan fingerprint density at radius 2 is 1.88 bits per heavy atom. The third-order valence-corrected chi connectivity index (χ3v) is 3.05. The molecule has 1 aromatic carbocycles. The van der Waals surface area contributed by atoms with Crippen LogP contribution in [0.1, 0.15) is 32.8 Å². The molecule has 0 bridgehead atoms. The maximum atomic E-state index is 11.9. The highest BCUT2D eigenvalue weighted by atomic mass is 16.5. The molecule has 0 aromatic heterocycles. The molecule has 0 aliphatic heterocycles. The Bertz CT molecular complexity index is 664. The zero-order chi connectivity index (χ0) is 18.9. The van der Waals surface area contributed by atoms with Crippen molar-refractivity contribution in [2.24, 2.45) is 5.41 Å². The van der Waals surface area contributed by atoms with E-state index in [-0.39, 0.29) is 17.0 Å². The normalized spacial score (nSPS) is 11.6. The predicted molar refractivity (Wildman–Crippen MR) is 94.6 cm³/mol. The minimum absolute atomic E-state index is 0.00594. The fourth-order valence-electron chi connectivity index (χ4n) is 1.91. The van der Waals surface area contributed by atoms with Crippen molar-refractivity contribution < 1.29 is 19.1 Å². The lowest BCUT2D eigenvalue weighted by Gasteiger charge is -2.16. The Labute approximate surface area is 148 Å². The van der Waals surface area contributed by atoms with Crippen LogP contribution in [0.5, 0.6) is 5.75 Å². The molecule has 0 aliphatic carbocycles. The van der Waals surface area contributed by atoms with Crippen molar-refractivity contribution in [3.63, 3.8) is 0 Å². The molecule has 0 unspecified atom stereocenters. The van der Waals surface area contributed by atoms with Gasteiger partial charge in [0.1, 0.15) is 17.4 Å². The maximum absolute atomic E-state index is 11.9. The van der Waals surface area contributed by atoms with Crippen molar-refractivity contribution in [3.8, 4) is 11.8 Å². The number of carbonyl (C=O) groups is 2. The van der Waals surface area contributed by atoms with Gasteiger partial charge in [-0.1, -0.05) is 32.9 Å². The van der Waals surface area contributed by atoms with E-state index >= 15 is 0 Å². The van der Waals surface area contributed by atoms with Gasteiger partial charge in [-0.2, -0.15) is 5.26 Å². The van der Waals surface area contributed by atoms with Crippen molar-refractivity contribution >= 4 is 18.0 Å². The molecule has 0 saturated heterocycles. The van der Waals surface area contributed by atoms with Gasteiger partial charge in [0.25, 0.3) is 5.91 Å². The molecule has 1 aromatic rings. The Balaban J connectivity index is 2.72. The number of nitriles is 1. The quantitative estimate of drug-likeness (QED) is 0.270. The summed E-state index contributed by atoms with van der Waals surface area (Å²) in [6.45, 7) is 6.59. The largest absolute Gasteiger partial charge is 0.427 e. The van der Waals surface area contributed by atoms with Gasteiger partial charge in [0, 0.05) is 13.7 Å². The lowest BCUT2D eigenvalue weighted by molar-refractivity contribution is -0.136. The summed E-state index contributed by atoms with van der Waals surface area (Å²) in [5, 5.41) is 11.7. The molecule has 0 atom stereocenters. The number of hydrogen-bond donors (Lipinski definition) is 1. The van der Waals surface area contributed by atoms with Gasteiger partial charge in [-0.05, 0) is 29.2 Å². The van der Waals surface area contributed by atoms with Crippen LogP contribution >= 0.6 is 0 Å². The highest BCUT2D eigenvalue weighted by Crippen LogP contribution is 2.21. The number of benzene rings is 1. The van der Waals surface area contributed by atoms with E-state index in [2.05, 4.69) is 5.32 Å². The molecule has 6 heteroatoms. The summed E-state index contributed by atoms with van der Waals surface area (Å²) < 4.78 is 10.1. The van der Waals surface area contributed by atoms with Crippen LogP contribution in [0.15, 0.2) is 29.8 Å². The van der Waals surface area contributed by atoms with Crippen LogP contribution in [0.3, 0.4) is 0 Å². The minimum Gasteiger partial charge on any atom is -0.427 e. The predicted octanol–water partition coefficient (Wildman–Crippen LogP) is 2.70. The lowest BCUT2D eigenvalue weighted by atomic mass is 9.92. The van der Waals surface area contributed by atoms with Gasteiger partial charge in [-0.15, -0.1) is 0 Å². The number of hydrogen-bond acceptors (Lipinski definition) is 5. The number of amides is 1. The first-order chi connectivity index (χ1) is 11.7. The Morgan fingerprint density at radius 3 is 2.40 bits per heavy atom. The second-order valence-corrected chi connectivity index (χ2v) is 6.70. The third kappa shape index (κ3) is 8.13. The van der Waals surface area contributed by atoms with E-state index in [1.165, 1.54) is 13.2 Å². The standard InChI is InChI=1S/C19H24N2O4/c1-19(2,3)12-17(22)25-16-7-5-14(6-8-16)11-15(13-20)18(23)21-9-10-24-4/h5-8,11H,9-10,12H2,1-4H3,(H,21,23). The highest BCUT2D eigenvalue weighted by molar-refractivity contribution is 6.01. The average Bonchev–Trinajstić information content (AvgIpc) is 2.52. The Morgan fingerprint density at radius 1 is 1.24 bits per heavy atom. The molecule has 6 nitrogen and oxygen atoms in total. The summed E-state index contributed by atoms with van der Waals surface area (Å²) in [6, 6.07) is 8.49. The number of nitrogens with one attached hydrogen (secondary N) is 1. The topological polar surface area (TPSA) is 88.4 Å². The van der Waals surface area contributed by atoms with Crippen LogP contribution in [0.2, 0.25) is 0 Å². The van der Waals surface area contributed by atoms with Crippen molar-refractivity contribution in [3.05, 3.63) is 35.4 Å². The van der Waals surface area contributed by atoms with Crippen molar-refractivity contribution in [2.75, 3.05) is 20.3 Å². The monoisotopic (exact) mass is 344 g/mol. The lowest BCUT2D eigenvalue weighted by Crippen LogP contribution is -2.27. The van der Waals surface area contributed by atoms with Gasteiger partial charge in [0.15, 0.2) is 0 Å². The van der Waals surface area contributed by atoms with Crippen molar-refractivity contribution in [2.45, 2.75) is 27.2 Å². The summed E-state index contributed by atoms with van der Waals surface area (Å²) in [5.41, 5.74) is 0.514. The molecule has 1 amide bonds. The fourth-order valence-corrected chi connectivity index (χ4v) is 1.91. The van der Waals surface area contributed by atoms with Crippen LogP contribution in [-0.2, 0) is 14.3 Å². The number of esters is 1. The number of ether oxygens (including phenoxy) is 2. The van der Waals surface area contributed by atoms with E-state index < -0.39 is 5.91 Å². The molecular weight excluding hydrogens is 320 g/mol. The zero-order valence-corrected chi connectivity index (χ0v) is 15.1. The first-order valence-corrected chi connectivity index (χ1v) is 7.95. The average molecular weight is 344 g/mol. The number of nitrogens with zero attached hydrogens (tertiary/aromatic N) is 1. The number of methoxy groups -OCH3 is 1. The van der Waals surface area contributed by atoms with Crippen LogP contribution in [0, 0.1) is 16.7 Å². The summed E-state index contributed by atoms with van der Waals surface area (Å²) in [6.07, 6.45) is 1.79. The maximum Gasteiger partial charge on any atom is 0.311 e. The Kier molecular flexibility index (Phi) is 7.83. The van der Waals surface area contributed by atoms with Crippen LogP contribution in [-0.4, -0.2) is 32.1 Å². The Hall–Kier alpha value is -2.65. The van der Waals surface area contributed by atoms with Gasteiger partial charge in [0.2, 0.25) is 0 Å². The van der Waals surface area contributed by atoms with E-state index in [0.29, 0.717) is 30.9 Å². The molecule has 0 fully saturated rings. The SMILES string of the molecule is COCCNC(=O)C(C#N)=Cc1ccc(OC(=O)CC(C)(C)C)cc1. The van der Waals surface area contributed by atoms with Gasteiger partial charge in [0.05, 0.1) is 13.0 Å². The molecule has 1 rings (SSSR count). The van der Waals surface area contributed by atoms with E-state index in [1.807, 2.05) is 26.8 Å². The fraction of sp³-hybridized carbons (Fsp3) is 0.421. The van der Waals surface area contributed by atoms with Gasteiger partial charge in [-0.3, -0.25) is 9.59 Å². The van der Waals surface area contributed by atoms with Crippen LogP contribution in [0.4, 0.5) is 0 Å². The molecule has 0 aliphatic rings. The van der Waals surface area contributed by atoms with E-state index in [0.717, 1.165) is 0 Å². The number of carbonyl (C=O) groups excluding carboxylic acids is 2. The summed E-state index contributed by atoms with van der Waals surface area (Å²) >= 11 is 0. The summed E-state index contributed by atoms with van der Waals surface area (Å²) in [7, 11) is 1.53. The first kappa shape index (κ1) is 20.4. The molecule has 134 valence electrons. The molecule has 0 radical (unpaired) electrons. The third-order valence-electron chi connectivity index (χ3n) is 3.05. The molecule has 0 heterocycles. The van der Waals surface area contributed by atoms with Gasteiger partial charge >= 0.3 is 5.97 Å². The van der Waals surface area contributed by atoms with Crippen molar-refractivity contribution in [1.29, 1.82) is 5.26 Å². The molecule has 0 saturated carbocycles. The van der Waals surface area contributed by atoms with E-state index in [1.54, 1.807) is 24.3 Å². The smallest absolute Gasteiger partial charge is 0.311 e.